The first kappa shape index (κ1) is 11.4. The Balaban J connectivity index is 2.48. The smallest absolute Gasteiger partial charge is 0.186 e. The molecule has 1 atom stereocenters. The molecular weight excluding hydrogens is 174 g/mol. The molecule has 0 amide bonds. The number of hydrazone groups is 1. The van der Waals surface area contributed by atoms with E-state index in [1.54, 1.807) is 0 Å². The number of nitrogens with zero attached hydrogens (tertiary/aromatic N) is 3. The molecule has 1 heterocycles. The third kappa shape index (κ3) is 3.22. The summed E-state index contributed by atoms with van der Waals surface area (Å²) in [5.74, 6) is 0.477. The number of likely N-dealkylation sites (N-methyl/N-ethyl adjacent to an activating group) is 1. The van der Waals surface area contributed by atoms with Crippen molar-refractivity contribution in [3.63, 3.8) is 0 Å². The van der Waals surface area contributed by atoms with Gasteiger partial charge in [-0.25, -0.2) is 0 Å². The van der Waals surface area contributed by atoms with Crippen molar-refractivity contribution < 1.29 is 4.68 Å². The monoisotopic (exact) mass is 196 g/mol. The fraction of sp³-hybridized carbons (Fsp3) is 0.818. The van der Waals surface area contributed by atoms with E-state index in [1.807, 2.05) is 0 Å². The highest BCUT2D eigenvalue weighted by atomic mass is 15.4. The van der Waals surface area contributed by atoms with Gasteiger partial charge in [0.05, 0.1) is 18.7 Å². The predicted octanol–water partition coefficient (Wildman–Crippen LogP) is 1.29. The summed E-state index contributed by atoms with van der Waals surface area (Å²) < 4.78 is 2.05. The van der Waals surface area contributed by atoms with E-state index in [4.69, 9.17) is 0 Å². The first-order chi connectivity index (χ1) is 6.39. The van der Waals surface area contributed by atoms with Gasteiger partial charge in [0.25, 0.3) is 0 Å². The minimum absolute atomic E-state index is 0.288. The fourth-order valence-corrected chi connectivity index (χ4v) is 1.30. The summed E-state index contributed by atoms with van der Waals surface area (Å²) in [6.45, 7) is 8.77. The number of hydrogen-bond acceptors (Lipinski definition) is 2. The van der Waals surface area contributed by atoms with Gasteiger partial charge in [-0.05, 0) is 24.6 Å². The lowest BCUT2D eigenvalue weighted by atomic mass is 9.83. The normalized spacial score (nSPS) is 21.9. The van der Waals surface area contributed by atoms with E-state index < -0.39 is 0 Å². The van der Waals surface area contributed by atoms with Crippen molar-refractivity contribution in [2.75, 3.05) is 27.2 Å². The van der Waals surface area contributed by atoms with Crippen LogP contribution in [0.15, 0.2) is 5.10 Å². The van der Waals surface area contributed by atoms with Crippen molar-refractivity contribution in [3.8, 4) is 0 Å². The second kappa shape index (κ2) is 4.22. The second-order valence-electron chi connectivity index (χ2n) is 5.27. The lowest BCUT2D eigenvalue weighted by molar-refractivity contribution is -0.526. The van der Waals surface area contributed by atoms with Crippen LogP contribution in [0, 0.1) is 11.3 Å². The molecule has 1 rings (SSSR count). The molecule has 1 aliphatic heterocycles. The van der Waals surface area contributed by atoms with Gasteiger partial charge in [0, 0.05) is 0 Å². The van der Waals surface area contributed by atoms with Crippen LogP contribution in [0.1, 0.15) is 20.8 Å². The maximum absolute atomic E-state index is 4.38. The van der Waals surface area contributed by atoms with Gasteiger partial charge in [-0.3, -0.25) is 0 Å². The zero-order valence-corrected chi connectivity index (χ0v) is 9.99. The van der Waals surface area contributed by atoms with E-state index in [0.717, 1.165) is 13.1 Å². The van der Waals surface area contributed by atoms with Crippen molar-refractivity contribution in [3.05, 3.63) is 0 Å². The first-order valence-corrected chi connectivity index (χ1v) is 5.20. The summed E-state index contributed by atoms with van der Waals surface area (Å²) in [4.78, 5) is 2.17. The molecule has 0 aromatic heterocycles. The van der Waals surface area contributed by atoms with Gasteiger partial charge in [-0.2, -0.15) is 0 Å². The Labute approximate surface area is 87.1 Å². The molecule has 3 heteroatoms. The fourth-order valence-electron chi connectivity index (χ4n) is 1.30. The molecule has 0 saturated heterocycles. The van der Waals surface area contributed by atoms with E-state index >= 15 is 0 Å². The van der Waals surface area contributed by atoms with Crippen LogP contribution in [-0.4, -0.2) is 49.2 Å². The van der Waals surface area contributed by atoms with Crippen LogP contribution < -0.4 is 0 Å². The molecule has 0 aliphatic carbocycles. The van der Waals surface area contributed by atoms with Crippen molar-refractivity contribution in [2.24, 2.45) is 16.4 Å². The minimum atomic E-state index is 0.288. The van der Waals surface area contributed by atoms with Gasteiger partial charge in [0.2, 0.25) is 0 Å². The average Bonchev–Trinajstić information content (AvgIpc) is 2.47. The zero-order chi connectivity index (χ0) is 10.8. The van der Waals surface area contributed by atoms with Gasteiger partial charge in [-0.15, -0.1) is 0 Å². The molecule has 0 bridgehead atoms. The maximum Gasteiger partial charge on any atom is 0.186 e. The summed E-state index contributed by atoms with van der Waals surface area (Å²) in [5.41, 5.74) is 0.288. The molecule has 0 saturated carbocycles. The van der Waals surface area contributed by atoms with Crippen molar-refractivity contribution >= 4 is 12.4 Å². The van der Waals surface area contributed by atoms with E-state index in [2.05, 4.69) is 62.0 Å². The van der Waals surface area contributed by atoms with Crippen LogP contribution in [0.5, 0.6) is 0 Å². The maximum atomic E-state index is 4.38. The summed E-state index contributed by atoms with van der Waals surface area (Å²) in [5, 5.41) is 4.38. The SMILES string of the molecule is CN(C)CC[N+]1=CC(C(C)(C)C)C=N1. The van der Waals surface area contributed by atoms with Gasteiger partial charge in [0.15, 0.2) is 12.8 Å². The van der Waals surface area contributed by atoms with Crippen molar-refractivity contribution in [1.82, 2.24) is 4.90 Å². The van der Waals surface area contributed by atoms with Crippen LogP contribution in [0.4, 0.5) is 0 Å². The Morgan fingerprint density at radius 3 is 2.43 bits per heavy atom. The first-order valence-electron chi connectivity index (χ1n) is 5.20. The Bertz CT molecular complexity index is 246. The third-order valence-electron chi connectivity index (χ3n) is 2.48. The highest BCUT2D eigenvalue weighted by Gasteiger charge is 2.29. The van der Waals surface area contributed by atoms with Crippen LogP contribution in [0.2, 0.25) is 0 Å². The molecule has 14 heavy (non-hydrogen) atoms. The highest BCUT2D eigenvalue weighted by molar-refractivity contribution is 5.84. The average molecular weight is 196 g/mol. The number of rotatable bonds is 3. The predicted molar refractivity (Wildman–Crippen MR) is 61.2 cm³/mol. The van der Waals surface area contributed by atoms with E-state index in [-0.39, 0.29) is 5.41 Å². The molecule has 0 aromatic rings. The highest BCUT2D eigenvalue weighted by Crippen LogP contribution is 2.24. The Morgan fingerprint density at radius 1 is 1.36 bits per heavy atom. The Kier molecular flexibility index (Phi) is 3.43. The molecule has 0 radical (unpaired) electrons. The van der Waals surface area contributed by atoms with Gasteiger partial charge >= 0.3 is 0 Å². The van der Waals surface area contributed by atoms with Crippen LogP contribution in [0.25, 0.3) is 0 Å². The lowest BCUT2D eigenvalue weighted by Gasteiger charge is -2.18. The topological polar surface area (TPSA) is 18.6 Å². The standard InChI is InChI=1S/C11H22N3/c1-11(2,3)10-8-12-14(9-10)7-6-13(4)5/h8-10H,6-7H2,1-5H3/q+1. The molecule has 0 spiro atoms. The van der Waals surface area contributed by atoms with Gasteiger partial charge in [0.1, 0.15) is 0 Å². The molecule has 80 valence electrons. The molecule has 1 unspecified atom stereocenters. The van der Waals surface area contributed by atoms with Crippen LogP contribution >= 0.6 is 0 Å². The van der Waals surface area contributed by atoms with Gasteiger partial charge < -0.3 is 4.90 Å². The van der Waals surface area contributed by atoms with Crippen molar-refractivity contribution in [1.29, 1.82) is 0 Å². The van der Waals surface area contributed by atoms with E-state index in [0.29, 0.717) is 5.92 Å². The van der Waals surface area contributed by atoms with Crippen LogP contribution in [-0.2, 0) is 0 Å². The minimum Gasteiger partial charge on any atom is -0.303 e. The largest absolute Gasteiger partial charge is 0.303 e. The molecule has 0 fully saturated rings. The third-order valence-corrected chi connectivity index (χ3v) is 2.48. The lowest BCUT2D eigenvalue weighted by Crippen LogP contribution is -2.25. The molecule has 3 nitrogen and oxygen atoms in total. The summed E-state index contributed by atoms with van der Waals surface area (Å²) in [6, 6.07) is 0. The van der Waals surface area contributed by atoms with Crippen LogP contribution in [0.3, 0.4) is 0 Å². The molecule has 0 aromatic carbocycles. The zero-order valence-electron chi connectivity index (χ0n) is 9.99. The number of hydrogen-bond donors (Lipinski definition) is 0. The Hall–Kier alpha value is -0.700. The van der Waals surface area contributed by atoms with Crippen molar-refractivity contribution in [2.45, 2.75) is 20.8 Å². The summed E-state index contributed by atoms with van der Waals surface area (Å²) >= 11 is 0. The van der Waals surface area contributed by atoms with Gasteiger partial charge in [-0.1, -0.05) is 25.5 Å². The second-order valence-corrected chi connectivity index (χ2v) is 5.27. The Morgan fingerprint density at radius 2 is 2.00 bits per heavy atom. The molecule has 0 N–H and O–H groups in total. The summed E-state index contributed by atoms with van der Waals surface area (Å²) in [7, 11) is 4.17. The summed E-state index contributed by atoms with van der Waals surface area (Å²) in [6.07, 6.45) is 4.28. The molecule has 1 aliphatic rings. The quantitative estimate of drug-likeness (QED) is 0.622. The van der Waals surface area contributed by atoms with E-state index in [9.17, 15) is 0 Å². The molecular formula is C11H22N3+. The van der Waals surface area contributed by atoms with E-state index in [1.165, 1.54) is 0 Å².